The molecule has 0 aliphatic carbocycles. The van der Waals surface area contributed by atoms with E-state index in [1.54, 1.807) is 17.3 Å². The molecule has 0 bridgehead atoms. The zero-order chi connectivity index (χ0) is 17.8. The van der Waals surface area contributed by atoms with Gasteiger partial charge in [-0.2, -0.15) is 4.98 Å². The van der Waals surface area contributed by atoms with Crippen LogP contribution in [0.1, 0.15) is 6.42 Å². The van der Waals surface area contributed by atoms with E-state index in [4.69, 9.17) is 4.74 Å². The van der Waals surface area contributed by atoms with Crippen LogP contribution >= 0.6 is 0 Å². The van der Waals surface area contributed by atoms with Gasteiger partial charge in [-0.05, 0) is 24.3 Å². The number of amides is 2. The van der Waals surface area contributed by atoms with E-state index in [-0.39, 0.29) is 18.0 Å². The molecule has 8 heteroatoms. The van der Waals surface area contributed by atoms with Crippen molar-refractivity contribution in [2.75, 3.05) is 37.4 Å². The molecule has 0 spiro atoms. The van der Waals surface area contributed by atoms with Crippen molar-refractivity contribution in [1.29, 1.82) is 0 Å². The number of hydrogen-bond donors (Lipinski definition) is 1. The molecule has 1 N–H and O–H groups in total. The van der Waals surface area contributed by atoms with Gasteiger partial charge in [-0.1, -0.05) is 0 Å². The van der Waals surface area contributed by atoms with Crippen molar-refractivity contribution in [3.63, 3.8) is 0 Å². The first-order valence-corrected chi connectivity index (χ1v) is 7.99. The number of nitrogens with zero attached hydrogens (tertiary/aromatic N) is 4. The molecule has 1 atom stereocenters. The van der Waals surface area contributed by atoms with Gasteiger partial charge >= 0.3 is 6.03 Å². The molecule has 132 valence electrons. The second-order valence-corrected chi connectivity index (χ2v) is 6.02. The minimum atomic E-state index is -0.339. The Kier molecular flexibility index (Phi) is 4.97. The molecule has 1 fully saturated rings. The Hall–Kier alpha value is -2.90. The molecule has 3 rings (SSSR count). The summed E-state index contributed by atoms with van der Waals surface area (Å²) in [5.74, 6) is 0.812. The van der Waals surface area contributed by atoms with E-state index in [0.717, 1.165) is 0 Å². The summed E-state index contributed by atoms with van der Waals surface area (Å²) in [6.07, 6.45) is 3.80. The van der Waals surface area contributed by atoms with E-state index < -0.39 is 0 Å². The normalized spacial score (nSPS) is 16.6. The number of hydrogen-bond acceptors (Lipinski definition) is 5. The molecule has 0 saturated carbocycles. The van der Waals surface area contributed by atoms with Crippen LogP contribution in [0.4, 0.5) is 20.7 Å². The fourth-order valence-electron chi connectivity index (χ4n) is 2.53. The van der Waals surface area contributed by atoms with E-state index in [1.165, 1.54) is 24.3 Å². The monoisotopic (exact) mass is 345 g/mol. The number of ether oxygens (including phenoxy) is 1. The van der Waals surface area contributed by atoms with Crippen molar-refractivity contribution < 1.29 is 13.9 Å². The molecule has 2 aromatic rings. The number of urea groups is 1. The average molecular weight is 345 g/mol. The van der Waals surface area contributed by atoms with Crippen LogP contribution in [-0.4, -0.2) is 54.2 Å². The minimum Gasteiger partial charge on any atom is -0.471 e. The van der Waals surface area contributed by atoms with Gasteiger partial charge in [0.2, 0.25) is 5.88 Å². The number of nitrogens with one attached hydrogen (secondary N) is 1. The quantitative estimate of drug-likeness (QED) is 0.921. The molecule has 1 aromatic carbocycles. The van der Waals surface area contributed by atoms with Gasteiger partial charge in [0.05, 0.1) is 18.9 Å². The lowest BCUT2D eigenvalue weighted by Gasteiger charge is -2.18. The van der Waals surface area contributed by atoms with Crippen LogP contribution in [0.2, 0.25) is 0 Å². The number of anilines is 2. The predicted molar refractivity (Wildman–Crippen MR) is 92.4 cm³/mol. The minimum absolute atomic E-state index is 0.134. The molecule has 1 saturated heterocycles. The topological polar surface area (TPSA) is 70.6 Å². The molecular formula is C17H20FN5O2. The lowest BCUT2D eigenvalue weighted by molar-refractivity contribution is 0.189. The largest absolute Gasteiger partial charge is 0.471 e. The Balaban J connectivity index is 1.55. The first kappa shape index (κ1) is 16.9. The van der Waals surface area contributed by atoms with Gasteiger partial charge in [0.1, 0.15) is 11.9 Å². The standard InChI is InChI=1S/C17H20FN5O2/c1-22(2)15-9-19-10-16(21-15)25-14-7-8-23(11-14)17(24)20-13-5-3-12(18)4-6-13/h3-6,9-10,14H,7-8,11H2,1-2H3,(H,20,24). The third kappa shape index (κ3) is 4.34. The van der Waals surface area contributed by atoms with E-state index in [9.17, 15) is 9.18 Å². The summed E-state index contributed by atoms with van der Waals surface area (Å²) < 4.78 is 18.7. The van der Waals surface area contributed by atoms with Crippen molar-refractivity contribution in [2.24, 2.45) is 0 Å². The predicted octanol–water partition coefficient (Wildman–Crippen LogP) is 2.37. The SMILES string of the molecule is CN(C)c1cncc(OC2CCN(C(=O)Nc3ccc(F)cc3)C2)n1. The van der Waals surface area contributed by atoms with Crippen LogP contribution in [0.5, 0.6) is 5.88 Å². The Morgan fingerprint density at radius 2 is 2.08 bits per heavy atom. The van der Waals surface area contributed by atoms with Crippen LogP contribution in [0.15, 0.2) is 36.7 Å². The molecular weight excluding hydrogens is 325 g/mol. The first-order chi connectivity index (χ1) is 12.0. The summed E-state index contributed by atoms with van der Waals surface area (Å²) >= 11 is 0. The Labute approximate surface area is 145 Å². The van der Waals surface area contributed by atoms with E-state index >= 15 is 0 Å². The van der Waals surface area contributed by atoms with Crippen LogP contribution in [0.25, 0.3) is 0 Å². The summed E-state index contributed by atoms with van der Waals surface area (Å²) in [5, 5.41) is 2.75. The molecule has 2 amide bonds. The molecule has 7 nitrogen and oxygen atoms in total. The number of benzene rings is 1. The van der Waals surface area contributed by atoms with Gasteiger partial charge in [0.15, 0.2) is 5.82 Å². The molecule has 2 heterocycles. The molecule has 25 heavy (non-hydrogen) atoms. The Morgan fingerprint density at radius 1 is 1.32 bits per heavy atom. The number of carbonyl (C=O) groups excluding carboxylic acids is 1. The Morgan fingerprint density at radius 3 is 2.80 bits per heavy atom. The highest BCUT2D eigenvalue weighted by atomic mass is 19.1. The highest BCUT2D eigenvalue weighted by Crippen LogP contribution is 2.19. The Bertz CT molecular complexity index is 738. The highest BCUT2D eigenvalue weighted by Gasteiger charge is 2.28. The maximum atomic E-state index is 12.9. The van der Waals surface area contributed by atoms with Crippen molar-refractivity contribution in [2.45, 2.75) is 12.5 Å². The smallest absolute Gasteiger partial charge is 0.321 e. The van der Waals surface area contributed by atoms with E-state index in [1.807, 2.05) is 19.0 Å². The van der Waals surface area contributed by atoms with Gasteiger partial charge in [-0.3, -0.25) is 4.98 Å². The fraction of sp³-hybridized carbons (Fsp3) is 0.353. The number of halogens is 1. The van der Waals surface area contributed by atoms with Crippen molar-refractivity contribution in [3.05, 3.63) is 42.5 Å². The summed E-state index contributed by atoms with van der Waals surface area (Å²) in [6.45, 7) is 1.04. The molecule has 1 aliphatic rings. The zero-order valence-corrected chi connectivity index (χ0v) is 14.1. The van der Waals surface area contributed by atoms with Crippen LogP contribution < -0.4 is 15.0 Å². The van der Waals surface area contributed by atoms with E-state index in [0.29, 0.717) is 36.9 Å². The van der Waals surface area contributed by atoms with Gasteiger partial charge in [-0.25, -0.2) is 9.18 Å². The molecule has 1 aromatic heterocycles. The summed E-state index contributed by atoms with van der Waals surface area (Å²) in [4.78, 5) is 24.3. The molecule has 0 radical (unpaired) electrons. The van der Waals surface area contributed by atoms with E-state index in [2.05, 4.69) is 15.3 Å². The van der Waals surface area contributed by atoms with Gasteiger partial charge < -0.3 is 19.9 Å². The van der Waals surface area contributed by atoms with Gasteiger partial charge in [0, 0.05) is 32.7 Å². The zero-order valence-electron chi connectivity index (χ0n) is 14.1. The van der Waals surface area contributed by atoms with Crippen molar-refractivity contribution in [3.8, 4) is 5.88 Å². The number of likely N-dealkylation sites (tertiary alicyclic amines) is 1. The summed E-state index contributed by atoms with van der Waals surface area (Å²) in [6, 6.07) is 5.44. The third-order valence-corrected chi connectivity index (χ3v) is 3.87. The summed E-state index contributed by atoms with van der Waals surface area (Å²) in [5.41, 5.74) is 0.556. The lowest BCUT2D eigenvalue weighted by Crippen LogP contribution is -2.34. The molecule has 1 aliphatic heterocycles. The van der Waals surface area contributed by atoms with Gasteiger partial charge in [-0.15, -0.1) is 0 Å². The van der Waals surface area contributed by atoms with Crippen LogP contribution in [0.3, 0.4) is 0 Å². The summed E-state index contributed by atoms with van der Waals surface area (Å²) in [7, 11) is 3.76. The maximum Gasteiger partial charge on any atom is 0.321 e. The van der Waals surface area contributed by atoms with Crippen LogP contribution in [-0.2, 0) is 0 Å². The number of carbonyl (C=O) groups is 1. The first-order valence-electron chi connectivity index (χ1n) is 7.99. The van der Waals surface area contributed by atoms with Crippen LogP contribution in [0, 0.1) is 5.82 Å². The second-order valence-electron chi connectivity index (χ2n) is 6.02. The van der Waals surface area contributed by atoms with Crippen molar-refractivity contribution in [1.82, 2.24) is 14.9 Å². The fourth-order valence-corrected chi connectivity index (χ4v) is 2.53. The molecule has 1 unspecified atom stereocenters. The maximum absolute atomic E-state index is 12.9. The number of aromatic nitrogens is 2. The second kappa shape index (κ2) is 7.33. The van der Waals surface area contributed by atoms with Gasteiger partial charge in [0.25, 0.3) is 0 Å². The third-order valence-electron chi connectivity index (χ3n) is 3.87. The lowest BCUT2D eigenvalue weighted by atomic mass is 10.3. The average Bonchev–Trinajstić information content (AvgIpc) is 3.06. The number of rotatable bonds is 4. The van der Waals surface area contributed by atoms with Crippen molar-refractivity contribution >= 4 is 17.5 Å². The highest BCUT2D eigenvalue weighted by molar-refractivity contribution is 5.89.